The molecule has 0 aliphatic rings. The zero-order valence-corrected chi connectivity index (χ0v) is 19.5. The molecule has 4 aromatic rings. The molecule has 0 aliphatic carbocycles. The van der Waals surface area contributed by atoms with Crippen LogP contribution in [0.5, 0.6) is 11.5 Å². The fraction of sp³-hybridized carbons (Fsp3) is 0.0417. The van der Waals surface area contributed by atoms with E-state index in [4.69, 9.17) is 0 Å². The van der Waals surface area contributed by atoms with Gasteiger partial charge in [0.25, 0.3) is 5.69 Å². The Bertz CT molecular complexity index is 1290. The molecule has 8 heteroatoms. The standard InChI is InChI=1S/C21H15N3O4.3CH3.Cr/c1-12-10-19(26)21(16-8-7-14(24(27)28)11-17(12)16)23-22-20-15-5-3-2-4-13(15)6-9-18(20)25;;;;/h2-11,25-26H,1H3;3*1H3;/q;3*-1;+3. The topological polar surface area (TPSA) is 108 Å². The van der Waals surface area contributed by atoms with Gasteiger partial charge in [0.1, 0.15) is 22.9 Å². The minimum Gasteiger partial charge on any atom is -0.506 e. The molecule has 0 amide bonds. The van der Waals surface area contributed by atoms with Gasteiger partial charge in [-0.15, -0.1) is 10.2 Å². The van der Waals surface area contributed by atoms with Gasteiger partial charge in [0.2, 0.25) is 0 Å². The van der Waals surface area contributed by atoms with Crippen molar-refractivity contribution in [3.8, 4) is 11.5 Å². The summed E-state index contributed by atoms with van der Waals surface area (Å²) in [5, 5.41) is 42.8. The van der Waals surface area contributed by atoms with Crippen LogP contribution in [0.4, 0.5) is 17.1 Å². The van der Waals surface area contributed by atoms with Crippen molar-refractivity contribution in [2.45, 2.75) is 6.92 Å². The smallest absolute Gasteiger partial charge is 0.506 e. The van der Waals surface area contributed by atoms with Gasteiger partial charge in [-0.1, -0.05) is 30.3 Å². The van der Waals surface area contributed by atoms with Crippen LogP contribution in [0.2, 0.25) is 0 Å². The minimum absolute atomic E-state index is 0. The number of nitro benzene ring substituents is 1. The number of hydrogen-bond acceptors (Lipinski definition) is 6. The Labute approximate surface area is 198 Å². The zero-order chi connectivity index (χ0) is 19.8. The molecule has 4 rings (SSSR count). The number of nitro groups is 1. The van der Waals surface area contributed by atoms with E-state index in [1.165, 1.54) is 30.3 Å². The summed E-state index contributed by atoms with van der Waals surface area (Å²) in [6.07, 6.45) is 0. The quantitative estimate of drug-likeness (QED) is 0.141. The fourth-order valence-electron chi connectivity index (χ4n) is 3.22. The van der Waals surface area contributed by atoms with Crippen molar-refractivity contribution in [1.82, 2.24) is 0 Å². The van der Waals surface area contributed by atoms with E-state index in [1.807, 2.05) is 24.3 Å². The Hall–Kier alpha value is -3.47. The van der Waals surface area contributed by atoms with Crippen LogP contribution in [0.15, 0.2) is 70.9 Å². The van der Waals surface area contributed by atoms with Gasteiger partial charge >= 0.3 is 17.4 Å². The number of aryl methyl sites for hydroxylation is 1. The molecule has 7 nitrogen and oxygen atoms in total. The van der Waals surface area contributed by atoms with E-state index in [0.29, 0.717) is 16.3 Å². The molecule has 0 saturated heterocycles. The van der Waals surface area contributed by atoms with Crippen molar-refractivity contribution < 1.29 is 32.5 Å². The molecule has 0 aromatic heterocycles. The van der Waals surface area contributed by atoms with Crippen molar-refractivity contribution in [3.63, 3.8) is 0 Å². The van der Waals surface area contributed by atoms with Crippen molar-refractivity contribution in [2.75, 3.05) is 0 Å². The van der Waals surface area contributed by atoms with Crippen molar-refractivity contribution in [1.29, 1.82) is 0 Å². The number of fused-ring (bicyclic) bond motifs is 2. The summed E-state index contributed by atoms with van der Waals surface area (Å²) in [5.74, 6) is -0.128. The molecule has 2 N–H and O–H groups in total. The first-order valence-corrected chi connectivity index (χ1v) is 8.49. The van der Waals surface area contributed by atoms with Crippen LogP contribution >= 0.6 is 0 Å². The van der Waals surface area contributed by atoms with Crippen LogP contribution in [-0.2, 0) is 17.4 Å². The van der Waals surface area contributed by atoms with Crippen LogP contribution in [0, 0.1) is 39.3 Å². The Morgan fingerprint density at radius 3 is 2.06 bits per heavy atom. The van der Waals surface area contributed by atoms with Crippen LogP contribution < -0.4 is 0 Å². The third kappa shape index (κ3) is 5.05. The van der Waals surface area contributed by atoms with Gasteiger partial charge in [-0.3, -0.25) is 10.1 Å². The SMILES string of the molecule is Cc1cc(O)c(N=Nc2c(O)ccc3ccccc23)c2ccc([N+](=O)[O-])cc12.[CH3-].[CH3-].[CH3-].[Cr+3]. The summed E-state index contributed by atoms with van der Waals surface area (Å²) in [6.45, 7) is 1.75. The summed E-state index contributed by atoms with van der Waals surface area (Å²) in [7, 11) is 0. The monoisotopic (exact) mass is 470 g/mol. The molecule has 0 aliphatic heterocycles. The fourth-order valence-corrected chi connectivity index (χ4v) is 3.22. The molecule has 4 aromatic carbocycles. The third-order valence-corrected chi connectivity index (χ3v) is 4.62. The number of rotatable bonds is 3. The number of phenolic OH excluding ortho intramolecular Hbond substituents is 2. The molecule has 1 radical (unpaired) electrons. The van der Waals surface area contributed by atoms with Gasteiger partial charge in [-0.25, -0.2) is 0 Å². The molecule has 0 atom stereocenters. The van der Waals surface area contributed by atoms with E-state index >= 15 is 0 Å². The predicted molar refractivity (Wildman–Crippen MR) is 126 cm³/mol. The van der Waals surface area contributed by atoms with E-state index in [1.54, 1.807) is 13.0 Å². The molecular weight excluding hydrogens is 446 g/mol. The average molecular weight is 470 g/mol. The normalized spacial score (nSPS) is 10.0. The third-order valence-electron chi connectivity index (χ3n) is 4.62. The summed E-state index contributed by atoms with van der Waals surface area (Å²) in [5.41, 5.74) is 1.11. The molecule has 32 heavy (non-hydrogen) atoms. The molecular formula is C24H24CrN3O4. The largest absolute Gasteiger partial charge is 3.00 e. The average Bonchev–Trinajstić information content (AvgIpc) is 2.68. The zero-order valence-electron chi connectivity index (χ0n) is 18.2. The molecule has 0 fully saturated rings. The van der Waals surface area contributed by atoms with E-state index < -0.39 is 4.92 Å². The minimum atomic E-state index is -0.471. The first kappa shape index (κ1) is 28.5. The Morgan fingerprint density at radius 1 is 0.781 bits per heavy atom. The second-order valence-corrected chi connectivity index (χ2v) is 6.40. The summed E-state index contributed by atoms with van der Waals surface area (Å²) in [4.78, 5) is 10.6. The van der Waals surface area contributed by atoms with Gasteiger partial charge in [0, 0.05) is 22.9 Å². The maximum atomic E-state index is 11.1. The molecule has 165 valence electrons. The maximum Gasteiger partial charge on any atom is 3.00 e. The van der Waals surface area contributed by atoms with Crippen molar-refractivity contribution >= 4 is 38.6 Å². The number of hydrogen-bond donors (Lipinski definition) is 2. The Balaban J connectivity index is 0.00000240. The number of phenols is 2. The van der Waals surface area contributed by atoms with Crippen LogP contribution in [0.1, 0.15) is 5.56 Å². The van der Waals surface area contributed by atoms with Crippen molar-refractivity contribution in [3.05, 3.63) is 98.6 Å². The van der Waals surface area contributed by atoms with E-state index in [-0.39, 0.29) is 68.2 Å². The number of benzene rings is 4. The number of azo groups is 1. The van der Waals surface area contributed by atoms with Crippen molar-refractivity contribution in [2.24, 2.45) is 10.2 Å². The Kier molecular flexibility index (Phi) is 10.0. The molecule has 0 saturated carbocycles. The second kappa shape index (κ2) is 11.2. The van der Waals surface area contributed by atoms with Crippen LogP contribution in [0.25, 0.3) is 21.5 Å². The summed E-state index contributed by atoms with van der Waals surface area (Å²) >= 11 is 0. The molecule has 0 spiro atoms. The van der Waals surface area contributed by atoms with E-state index in [2.05, 4.69) is 10.2 Å². The number of non-ortho nitro benzene ring substituents is 1. The summed E-state index contributed by atoms with van der Waals surface area (Å²) < 4.78 is 0. The van der Waals surface area contributed by atoms with E-state index in [0.717, 1.165) is 10.8 Å². The van der Waals surface area contributed by atoms with Crippen LogP contribution in [-0.4, -0.2) is 15.1 Å². The molecule has 0 heterocycles. The predicted octanol–water partition coefficient (Wildman–Crippen LogP) is 7.38. The first-order chi connectivity index (χ1) is 13.5. The Morgan fingerprint density at radius 2 is 1.41 bits per heavy atom. The summed E-state index contributed by atoms with van der Waals surface area (Å²) in [6, 6.07) is 16.6. The maximum absolute atomic E-state index is 11.1. The molecule has 0 unspecified atom stereocenters. The number of aromatic hydroxyl groups is 2. The van der Waals surface area contributed by atoms with Gasteiger partial charge < -0.3 is 32.5 Å². The molecule has 0 bridgehead atoms. The van der Waals surface area contributed by atoms with Gasteiger partial charge in [-0.2, -0.15) is 0 Å². The van der Waals surface area contributed by atoms with E-state index in [9.17, 15) is 20.3 Å². The van der Waals surface area contributed by atoms with Gasteiger partial charge in [-0.05, 0) is 41.5 Å². The first-order valence-electron chi connectivity index (χ1n) is 8.49. The van der Waals surface area contributed by atoms with Gasteiger partial charge in [0.15, 0.2) is 0 Å². The van der Waals surface area contributed by atoms with Crippen LogP contribution in [0.3, 0.4) is 0 Å². The second-order valence-electron chi connectivity index (χ2n) is 6.40. The number of nitrogens with zero attached hydrogens (tertiary/aromatic N) is 3. The van der Waals surface area contributed by atoms with Gasteiger partial charge in [0.05, 0.1) is 4.92 Å².